The molecule has 7 amide bonds. The summed E-state index contributed by atoms with van der Waals surface area (Å²) in [5, 5.41) is 11.8. The first-order valence-electron chi connectivity index (χ1n) is 17.9. The number of rotatable bonds is 16. The first kappa shape index (κ1) is 40.7. The zero-order chi connectivity index (χ0) is 38.8. The SMILES string of the molecule is CC(C)(C)NC(=O)[C@H](CCCNC(N)=O)NC(=O)[C@@H](Cc1c[nH]c2ccccc12)C1(C(N)=O)CCCCN1C(=O)[C@H](Cc1ccccc1)NC(=O)CCl. The van der Waals surface area contributed by atoms with E-state index in [0.717, 1.165) is 16.5 Å². The summed E-state index contributed by atoms with van der Waals surface area (Å²) < 4.78 is 0. The Morgan fingerprint density at radius 1 is 0.906 bits per heavy atom. The van der Waals surface area contributed by atoms with Gasteiger partial charge in [0.25, 0.3) is 0 Å². The Hall–Kier alpha value is -5.11. The van der Waals surface area contributed by atoms with E-state index in [4.69, 9.17) is 23.1 Å². The van der Waals surface area contributed by atoms with Crippen molar-refractivity contribution in [3.8, 4) is 0 Å². The van der Waals surface area contributed by atoms with Gasteiger partial charge in [-0.2, -0.15) is 0 Å². The van der Waals surface area contributed by atoms with Crippen LogP contribution >= 0.6 is 11.6 Å². The van der Waals surface area contributed by atoms with E-state index in [1.807, 2.05) is 54.6 Å². The number of piperidine rings is 1. The summed E-state index contributed by atoms with van der Waals surface area (Å²) in [4.78, 5) is 85.9. The van der Waals surface area contributed by atoms with Gasteiger partial charge < -0.3 is 42.6 Å². The zero-order valence-electron chi connectivity index (χ0n) is 30.5. The lowest BCUT2D eigenvalue weighted by Crippen LogP contribution is -2.71. The molecule has 0 spiro atoms. The normalized spacial score (nSPS) is 17.6. The number of likely N-dealkylation sites (tertiary alicyclic amines) is 1. The number of primary amides is 2. The highest BCUT2D eigenvalue weighted by atomic mass is 35.5. The van der Waals surface area contributed by atoms with Crippen molar-refractivity contribution in [1.29, 1.82) is 0 Å². The number of aromatic nitrogens is 1. The highest BCUT2D eigenvalue weighted by molar-refractivity contribution is 6.27. The van der Waals surface area contributed by atoms with Crippen LogP contribution in [0.5, 0.6) is 0 Å². The Balaban J connectivity index is 1.81. The van der Waals surface area contributed by atoms with Crippen molar-refractivity contribution in [2.45, 2.75) is 88.9 Å². The van der Waals surface area contributed by atoms with Crippen molar-refractivity contribution in [2.75, 3.05) is 19.0 Å². The molecule has 2 aromatic carbocycles. The summed E-state index contributed by atoms with van der Waals surface area (Å²) >= 11 is 5.86. The molecular formula is C38H51ClN8O6. The fourth-order valence-corrected chi connectivity index (χ4v) is 7.16. The van der Waals surface area contributed by atoms with Crippen LogP contribution in [-0.2, 0) is 36.8 Å². The smallest absolute Gasteiger partial charge is 0.312 e. The molecule has 3 aromatic rings. The predicted octanol–water partition coefficient (Wildman–Crippen LogP) is 2.38. The number of halogens is 1. The maximum atomic E-state index is 14.9. The maximum absolute atomic E-state index is 14.9. The lowest BCUT2D eigenvalue weighted by molar-refractivity contribution is -0.160. The van der Waals surface area contributed by atoms with Gasteiger partial charge in [0.1, 0.15) is 23.5 Å². The number of carbonyl (C=O) groups is 6. The summed E-state index contributed by atoms with van der Waals surface area (Å²) in [7, 11) is 0. The minimum Gasteiger partial charge on any atom is -0.368 e. The molecule has 1 aliphatic rings. The van der Waals surface area contributed by atoms with Crippen LogP contribution in [0.3, 0.4) is 0 Å². The molecular weight excluding hydrogens is 700 g/mol. The van der Waals surface area contributed by atoms with Crippen LogP contribution in [0.25, 0.3) is 10.9 Å². The van der Waals surface area contributed by atoms with Gasteiger partial charge in [-0.05, 0) is 76.5 Å². The number of H-pyrrole nitrogens is 1. The van der Waals surface area contributed by atoms with Crippen LogP contribution in [0.4, 0.5) is 4.79 Å². The minimum absolute atomic E-state index is 0.0171. The van der Waals surface area contributed by atoms with Gasteiger partial charge in [-0.25, -0.2) is 4.79 Å². The van der Waals surface area contributed by atoms with Crippen LogP contribution in [0.15, 0.2) is 60.8 Å². The maximum Gasteiger partial charge on any atom is 0.312 e. The molecule has 0 saturated carbocycles. The van der Waals surface area contributed by atoms with E-state index in [2.05, 4.69) is 26.3 Å². The molecule has 0 aliphatic carbocycles. The summed E-state index contributed by atoms with van der Waals surface area (Å²) in [6.07, 6.45) is 3.33. The Morgan fingerprint density at radius 3 is 2.26 bits per heavy atom. The van der Waals surface area contributed by atoms with E-state index in [1.54, 1.807) is 27.0 Å². The second-order valence-corrected chi connectivity index (χ2v) is 14.8. The van der Waals surface area contributed by atoms with Gasteiger partial charge in [0.05, 0.1) is 5.92 Å². The molecule has 0 radical (unpaired) electrons. The number of benzene rings is 2. The van der Waals surface area contributed by atoms with Crippen LogP contribution in [0, 0.1) is 5.92 Å². The summed E-state index contributed by atoms with van der Waals surface area (Å²) in [6.45, 7) is 5.67. The van der Waals surface area contributed by atoms with E-state index in [1.165, 1.54) is 4.90 Å². The lowest BCUT2D eigenvalue weighted by Gasteiger charge is -2.50. The number of nitrogens with two attached hydrogens (primary N) is 2. The molecule has 1 saturated heterocycles. The molecule has 9 N–H and O–H groups in total. The molecule has 1 unspecified atom stereocenters. The molecule has 0 bridgehead atoms. The van der Waals surface area contributed by atoms with Gasteiger partial charge in [0, 0.05) is 42.1 Å². The number of fused-ring (bicyclic) bond motifs is 1. The molecule has 286 valence electrons. The highest BCUT2D eigenvalue weighted by Gasteiger charge is 2.56. The van der Waals surface area contributed by atoms with Gasteiger partial charge in [0.15, 0.2) is 0 Å². The third kappa shape index (κ3) is 10.5. The molecule has 1 fully saturated rings. The van der Waals surface area contributed by atoms with Crippen molar-refractivity contribution in [2.24, 2.45) is 17.4 Å². The number of amides is 7. The number of hydrogen-bond acceptors (Lipinski definition) is 6. The molecule has 15 heteroatoms. The van der Waals surface area contributed by atoms with Gasteiger partial charge in [-0.3, -0.25) is 24.0 Å². The average Bonchev–Trinajstić information content (AvgIpc) is 3.53. The number of aromatic amines is 1. The van der Waals surface area contributed by atoms with Crippen LogP contribution in [0.2, 0.25) is 0 Å². The third-order valence-electron chi connectivity index (χ3n) is 9.49. The van der Waals surface area contributed by atoms with Crippen LogP contribution in [-0.4, -0.2) is 87.6 Å². The van der Waals surface area contributed by atoms with Crippen LogP contribution in [0.1, 0.15) is 64.0 Å². The molecule has 14 nitrogen and oxygen atoms in total. The number of hydrogen-bond donors (Lipinski definition) is 7. The van der Waals surface area contributed by atoms with Gasteiger partial charge in [-0.15, -0.1) is 11.6 Å². The van der Waals surface area contributed by atoms with Crippen molar-refractivity contribution >= 4 is 58.1 Å². The molecule has 53 heavy (non-hydrogen) atoms. The lowest BCUT2D eigenvalue weighted by atomic mass is 9.71. The van der Waals surface area contributed by atoms with Gasteiger partial charge >= 0.3 is 6.03 Å². The van der Waals surface area contributed by atoms with Crippen molar-refractivity contribution < 1.29 is 28.8 Å². The highest BCUT2D eigenvalue weighted by Crippen LogP contribution is 2.39. The summed E-state index contributed by atoms with van der Waals surface area (Å²) in [6, 6.07) is 13.7. The van der Waals surface area contributed by atoms with Gasteiger partial charge in [-0.1, -0.05) is 48.5 Å². The quantitative estimate of drug-likeness (QED) is 0.0860. The molecule has 1 aromatic heterocycles. The number of para-hydroxylation sites is 1. The second kappa shape index (κ2) is 18.1. The van der Waals surface area contributed by atoms with E-state index >= 15 is 0 Å². The van der Waals surface area contributed by atoms with Gasteiger partial charge in [0.2, 0.25) is 29.5 Å². The third-order valence-corrected chi connectivity index (χ3v) is 9.74. The number of alkyl halides is 1. The predicted molar refractivity (Wildman–Crippen MR) is 202 cm³/mol. The Bertz CT molecular complexity index is 1780. The fraction of sp³-hybridized carbons (Fsp3) is 0.474. The molecule has 4 rings (SSSR count). The standard InChI is InChI=1S/C38H51ClN8O6/c1-37(2,3)46-33(50)29(16-11-18-42-36(41)53)45-32(49)27(21-25-23-43-28-15-8-7-14-26(25)28)38(35(40)52)17-9-10-19-47(38)34(51)30(44-31(48)22-39)20-24-12-5-4-6-13-24/h4-8,12-15,23,27,29-30,43H,9-11,16-22H2,1-3H3,(H2,40,52)(H,44,48)(H,45,49)(H,46,50)(H3,41,42,53)/t27-,29+,30+,38?/m1/s1. The average molecular weight is 751 g/mol. The first-order chi connectivity index (χ1) is 25.2. The largest absolute Gasteiger partial charge is 0.368 e. The molecule has 2 heterocycles. The number of urea groups is 1. The molecule has 1 aliphatic heterocycles. The number of nitrogens with one attached hydrogen (secondary N) is 5. The van der Waals surface area contributed by atoms with E-state index in [9.17, 15) is 28.8 Å². The summed E-state index contributed by atoms with van der Waals surface area (Å²) in [5.41, 5.74) is 11.3. The topological polar surface area (TPSA) is 222 Å². The Labute approximate surface area is 314 Å². The summed E-state index contributed by atoms with van der Waals surface area (Å²) in [5.74, 6) is -4.82. The molecule has 4 atom stereocenters. The monoisotopic (exact) mass is 750 g/mol. The fourth-order valence-electron chi connectivity index (χ4n) is 7.08. The zero-order valence-corrected chi connectivity index (χ0v) is 31.3. The van der Waals surface area contributed by atoms with E-state index in [0.29, 0.717) is 24.8 Å². The van der Waals surface area contributed by atoms with E-state index < -0.39 is 70.5 Å². The van der Waals surface area contributed by atoms with E-state index in [-0.39, 0.29) is 38.8 Å². The number of nitrogens with zero attached hydrogens (tertiary/aromatic N) is 1. The first-order valence-corrected chi connectivity index (χ1v) is 18.4. The van der Waals surface area contributed by atoms with Crippen molar-refractivity contribution in [3.05, 3.63) is 71.9 Å². The Kier molecular flexibility index (Phi) is 13.9. The second-order valence-electron chi connectivity index (χ2n) is 14.5. The number of carbonyl (C=O) groups excluding carboxylic acids is 6. The Morgan fingerprint density at radius 2 is 1.60 bits per heavy atom. The van der Waals surface area contributed by atoms with Crippen molar-refractivity contribution in [1.82, 2.24) is 31.2 Å². The van der Waals surface area contributed by atoms with Crippen LogP contribution < -0.4 is 32.7 Å². The minimum atomic E-state index is -1.85. The van der Waals surface area contributed by atoms with Crippen molar-refractivity contribution in [3.63, 3.8) is 0 Å².